The number of para-hydroxylation sites is 1. The number of nitrogens with one attached hydrogen (secondary N) is 1. The summed E-state index contributed by atoms with van der Waals surface area (Å²) in [6.45, 7) is 1.72. The van der Waals surface area contributed by atoms with Crippen LogP contribution in [0.15, 0.2) is 24.3 Å². The van der Waals surface area contributed by atoms with Crippen LogP contribution in [0.4, 0.5) is 0 Å². The second-order valence-corrected chi connectivity index (χ2v) is 10.6. The summed E-state index contributed by atoms with van der Waals surface area (Å²) in [6, 6.07) is 8.04. The van der Waals surface area contributed by atoms with E-state index in [-0.39, 0.29) is 5.91 Å². The number of rotatable bonds is 7. The summed E-state index contributed by atoms with van der Waals surface area (Å²) >= 11 is 3.24. The summed E-state index contributed by atoms with van der Waals surface area (Å²) in [5, 5.41) is 4.01. The Balaban J connectivity index is 1.34. The maximum atomic E-state index is 12.0. The van der Waals surface area contributed by atoms with Gasteiger partial charge in [-0.3, -0.25) is 4.79 Å². The minimum absolute atomic E-state index is 0.0293. The topological polar surface area (TPSA) is 79.4 Å². The molecule has 1 aromatic heterocycles. The average molecular weight is 414 g/mol. The third kappa shape index (κ3) is 5.42. The summed E-state index contributed by atoms with van der Waals surface area (Å²) in [4.78, 5) is 16.6. The molecule has 2 heterocycles. The zero-order valence-corrected chi connectivity index (χ0v) is 17.1. The fraction of sp³-hybridized carbons (Fsp3) is 0.529. The number of piperidine rings is 1. The largest absolute Gasteiger partial charge is 0.355 e. The van der Waals surface area contributed by atoms with E-state index < -0.39 is 10.0 Å². The Kier molecular flexibility index (Phi) is 6.55. The van der Waals surface area contributed by atoms with Crippen molar-refractivity contribution in [2.45, 2.75) is 18.6 Å². The van der Waals surface area contributed by atoms with Gasteiger partial charge >= 0.3 is 0 Å². The predicted octanol–water partition coefficient (Wildman–Crippen LogP) is 2.32. The third-order valence-electron chi connectivity index (χ3n) is 4.43. The van der Waals surface area contributed by atoms with Crippen LogP contribution in [0.2, 0.25) is 0 Å². The number of carbonyl (C=O) groups is 1. The number of hydrogen-bond donors (Lipinski definition) is 1. The van der Waals surface area contributed by atoms with Crippen molar-refractivity contribution in [1.82, 2.24) is 14.6 Å². The lowest BCUT2D eigenvalue weighted by molar-refractivity contribution is -0.118. The van der Waals surface area contributed by atoms with Gasteiger partial charge < -0.3 is 5.32 Å². The molecule has 6 nitrogen and oxygen atoms in total. The number of thiazole rings is 1. The lowest BCUT2D eigenvalue weighted by Gasteiger charge is -2.30. The molecule has 0 spiro atoms. The molecule has 0 unspecified atom stereocenters. The molecule has 1 fully saturated rings. The van der Waals surface area contributed by atoms with Crippen molar-refractivity contribution >= 4 is 49.2 Å². The smallest absolute Gasteiger partial charge is 0.230 e. The van der Waals surface area contributed by atoms with Gasteiger partial charge in [-0.05, 0) is 30.9 Å². The molecule has 1 aliphatic rings. The Labute approximate surface area is 162 Å². The Morgan fingerprint density at radius 2 is 2.08 bits per heavy atom. The van der Waals surface area contributed by atoms with Crippen molar-refractivity contribution in [3.63, 3.8) is 0 Å². The van der Waals surface area contributed by atoms with Crippen molar-refractivity contribution in [2.24, 2.45) is 5.92 Å². The lowest BCUT2D eigenvalue weighted by Crippen LogP contribution is -2.41. The van der Waals surface area contributed by atoms with Crippen molar-refractivity contribution in [1.29, 1.82) is 0 Å². The van der Waals surface area contributed by atoms with E-state index in [0.717, 1.165) is 29.1 Å². The zero-order chi connectivity index (χ0) is 18.6. The number of benzene rings is 1. The minimum atomic E-state index is -3.09. The van der Waals surface area contributed by atoms with E-state index in [4.69, 9.17) is 0 Å². The first-order valence-electron chi connectivity index (χ1n) is 8.56. The first-order chi connectivity index (χ1) is 12.4. The van der Waals surface area contributed by atoms with Crippen LogP contribution in [0.5, 0.6) is 0 Å². The second-order valence-electron chi connectivity index (χ2n) is 6.48. The van der Waals surface area contributed by atoms with E-state index in [1.54, 1.807) is 23.1 Å². The van der Waals surface area contributed by atoms with Crippen LogP contribution in [0.3, 0.4) is 0 Å². The maximum Gasteiger partial charge on any atom is 0.230 e. The van der Waals surface area contributed by atoms with Crippen LogP contribution in [0, 0.1) is 5.92 Å². The Bertz CT molecular complexity index is 825. The number of hydrogen-bond acceptors (Lipinski definition) is 6. The van der Waals surface area contributed by atoms with Crippen LogP contribution < -0.4 is 5.32 Å². The molecule has 0 saturated carbocycles. The highest BCUT2D eigenvalue weighted by Gasteiger charge is 2.24. The van der Waals surface area contributed by atoms with E-state index >= 15 is 0 Å². The van der Waals surface area contributed by atoms with Gasteiger partial charge in [0.2, 0.25) is 15.9 Å². The first-order valence-corrected chi connectivity index (χ1v) is 12.4. The van der Waals surface area contributed by atoms with E-state index in [1.807, 2.05) is 18.2 Å². The Morgan fingerprint density at radius 1 is 1.35 bits per heavy atom. The van der Waals surface area contributed by atoms with Gasteiger partial charge in [0.15, 0.2) is 0 Å². The van der Waals surface area contributed by atoms with Gasteiger partial charge in [-0.25, -0.2) is 17.7 Å². The highest BCUT2D eigenvalue weighted by atomic mass is 32.2. The van der Waals surface area contributed by atoms with E-state index in [9.17, 15) is 13.2 Å². The van der Waals surface area contributed by atoms with E-state index in [2.05, 4.69) is 16.4 Å². The fourth-order valence-corrected chi connectivity index (χ4v) is 5.72. The molecule has 142 valence electrons. The van der Waals surface area contributed by atoms with Crippen molar-refractivity contribution in [2.75, 3.05) is 31.6 Å². The van der Waals surface area contributed by atoms with E-state index in [0.29, 0.717) is 31.3 Å². The van der Waals surface area contributed by atoms with E-state index in [1.165, 1.54) is 15.3 Å². The second kappa shape index (κ2) is 8.69. The number of fused-ring (bicyclic) bond motifs is 1. The summed E-state index contributed by atoms with van der Waals surface area (Å²) in [7, 11) is -3.09. The predicted molar refractivity (Wildman–Crippen MR) is 108 cm³/mol. The number of sulfonamides is 1. The molecule has 2 aromatic rings. The van der Waals surface area contributed by atoms with Gasteiger partial charge in [-0.1, -0.05) is 12.1 Å². The summed E-state index contributed by atoms with van der Waals surface area (Å²) < 4.78 is 25.7. The van der Waals surface area contributed by atoms with Gasteiger partial charge in [0.25, 0.3) is 0 Å². The average Bonchev–Trinajstić information content (AvgIpc) is 3.02. The van der Waals surface area contributed by atoms with Gasteiger partial charge in [0, 0.05) is 25.4 Å². The van der Waals surface area contributed by atoms with Crippen LogP contribution >= 0.6 is 23.1 Å². The SMILES string of the molecule is CS(=O)(=O)N1CCC(CNC(=O)CSCc2nc3ccccc3s2)CC1. The quantitative estimate of drug-likeness (QED) is 0.754. The monoisotopic (exact) mass is 413 g/mol. The molecule has 1 aromatic carbocycles. The molecule has 1 N–H and O–H groups in total. The molecule has 1 saturated heterocycles. The van der Waals surface area contributed by atoms with Crippen LogP contribution in [0.25, 0.3) is 10.2 Å². The van der Waals surface area contributed by atoms with Crippen LogP contribution in [0.1, 0.15) is 17.8 Å². The molecule has 0 radical (unpaired) electrons. The van der Waals surface area contributed by atoms with Crippen molar-refractivity contribution in [3.05, 3.63) is 29.3 Å². The standard InChI is InChI=1S/C17H23N3O3S3/c1-26(22,23)20-8-6-13(7-9-20)10-18-16(21)11-24-12-17-19-14-4-2-3-5-15(14)25-17/h2-5,13H,6-12H2,1H3,(H,18,21). The maximum absolute atomic E-state index is 12.0. The minimum Gasteiger partial charge on any atom is -0.355 e. The molecule has 0 atom stereocenters. The van der Waals surface area contributed by atoms with Gasteiger partial charge in [-0.2, -0.15) is 0 Å². The molecular formula is C17H23N3O3S3. The number of thioether (sulfide) groups is 1. The summed E-state index contributed by atoms with van der Waals surface area (Å²) in [6.07, 6.45) is 2.84. The van der Waals surface area contributed by atoms with Crippen LogP contribution in [-0.4, -0.2) is 55.3 Å². The highest BCUT2D eigenvalue weighted by Crippen LogP contribution is 2.24. The van der Waals surface area contributed by atoms with Gasteiger partial charge in [0.05, 0.1) is 22.2 Å². The number of aromatic nitrogens is 1. The number of amides is 1. The highest BCUT2D eigenvalue weighted by molar-refractivity contribution is 7.99. The number of nitrogens with zero attached hydrogens (tertiary/aromatic N) is 2. The normalized spacial score (nSPS) is 16.8. The van der Waals surface area contributed by atoms with Crippen molar-refractivity contribution in [3.8, 4) is 0 Å². The molecule has 0 aliphatic carbocycles. The molecule has 3 rings (SSSR count). The fourth-order valence-electron chi connectivity index (χ4n) is 2.97. The molecule has 1 aliphatic heterocycles. The molecular weight excluding hydrogens is 390 g/mol. The van der Waals surface area contributed by atoms with Crippen molar-refractivity contribution < 1.29 is 13.2 Å². The van der Waals surface area contributed by atoms with Crippen LogP contribution in [-0.2, 0) is 20.6 Å². The summed E-state index contributed by atoms with van der Waals surface area (Å²) in [5.41, 5.74) is 1.01. The summed E-state index contributed by atoms with van der Waals surface area (Å²) in [5.74, 6) is 1.53. The third-order valence-corrected chi connectivity index (χ3v) is 7.89. The molecule has 1 amide bonds. The lowest BCUT2D eigenvalue weighted by atomic mass is 9.98. The molecule has 0 bridgehead atoms. The van der Waals surface area contributed by atoms with Gasteiger partial charge in [-0.15, -0.1) is 23.1 Å². The number of carbonyl (C=O) groups excluding carboxylic acids is 1. The van der Waals surface area contributed by atoms with Gasteiger partial charge in [0.1, 0.15) is 5.01 Å². The zero-order valence-electron chi connectivity index (χ0n) is 14.7. The molecule has 26 heavy (non-hydrogen) atoms. The molecule has 9 heteroatoms. The first kappa shape index (κ1) is 19.6. The Morgan fingerprint density at radius 3 is 2.77 bits per heavy atom. The Hall–Kier alpha value is -1.16.